The second kappa shape index (κ2) is 9.16. The van der Waals surface area contributed by atoms with E-state index in [4.69, 9.17) is 14.1 Å². The number of hydrogen-bond acceptors (Lipinski definition) is 6. The molecule has 0 spiro atoms. The van der Waals surface area contributed by atoms with Gasteiger partial charge in [0.2, 0.25) is 0 Å². The molecular weight excluding hydrogens is 385 g/mol. The third-order valence-electron chi connectivity index (χ3n) is 5.44. The molecule has 1 amide bonds. The molecule has 1 heterocycles. The van der Waals surface area contributed by atoms with Crippen LogP contribution < -0.4 is 10.2 Å². The second-order valence-electron chi connectivity index (χ2n) is 9.89. The topological polar surface area (TPSA) is 88.5 Å². The largest absolute Gasteiger partial charge is 0.491 e. The molecule has 2 N–H and O–H groups in total. The minimum atomic E-state index is -1.16. The molecule has 0 atom stereocenters. The van der Waals surface area contributed by atoms with Crippen molar-refractivity contribution in [3.8, 4) is 5.75 Å². The van der Waals surface area contributed by atoms with Crippen molar-refractivity contribution < 1.29 is 29.1 Å². The van der Waals surface area contributed by atoms with E-state index in [0.717, 1.165) is 12.8 Å². The van der Waals surface area contributed by atoms with Gasteiger partial charge in [-0.25, -0.2) is 4.79 Å². The molecule has 0 saturated carbocycles. The van der Waals surface area contributed by atoms with Crippen LogP contribution in [-0.4, -0.2) is 64.2 Å². The summed E-state index contributed by atoms with van der Waals surface area (Å²) in [5.74, 6) is 0.698. The van der Waals surface area contributed by atoms with Crippen LogP contribution in [0.1, 0.15) is 61.3 Å². The summed E-state index contributed by atoms with van der Waals surface area (Å²) in [6.45, 7) is 13.5. The third kappa shape index (κ3) is 6.89. The summed E-state index contributed by atoms with van der Waals surface area (Å²) in [5.41, 5.74) is -1.95. The lowest BCUT2D eigenvalue weighted by atomic mass is 9.76. The van der Waals surface area contributed by atoms with Crippen LogP contribution in [0.4, 0.5) is 4.79 Å². The smallest absolute Gasteiger partial charge is 0.490 e. The Labute approximate surface area is 180 Å². The van der Waals surface area contributed by atoms with Crippen LogP contribution in [0, 0.1) is 0 Å². The Hall–Kier alpha value is -1.77. The van der Waals surface area contributed by atoms with Crippen LogP contribution in [0.25, 0.3) is 0 Å². The molecule has 0 unspecified atom stereocenters. The van der Waals surface area contributed by atoms with Gasteiger partial charge in [0.1, 0.15) is 17.5 Å². The summed E-state index contributed by atoms with van der Waals surface area (Å²) in [7, 11) is -1.16. The number of amides is 1. The molecule has 0 bridgehead atoms. The maximum Gasteiger partial charge on any atom is 0.491 e. The van der Waals surface area contributed by atoms with Gasteiger partial charge in [0.05, 0.1) is 11.2 Å². The lowest BCUT2D eigenvalue weighted by Gasteiger charge is -2.38. The lowest BCUT2D eigenvalue weighted by molar-refractivity contribution is -0.0982. The second-order valence-corrected chi connectivity index (χ2v) is 9.89. The van der Waals surface area contributed by atoms with Gasteiger partial charge in [0.25, 0.3) is 0 Å². The number of likely N-dealkylation sites (tertiary alicyclic amines) is 1. The van der Waals surface area contributed by atoms with E-state index in [-0.39, 0.29) is 12.2 Å². The highest BCUT2D eigenvalue weighted by Crippen LogP contribution is 2.25. The average Bonchev–Trinajstić information content (AvgIpc) is 2.60. The summed E-state index contributed by atoms with van der Waals surface area (Å²) < 4.78 is 17.1. The van der Waals surface area contributed by atoms with Gasteiger partial charge >= 0.3 is 13.2 Å². The number of carbonyl (C=O) groups is 1. The van der Waals surface area contributed by atoms with Crippen LogP contribution in [0.5, 0.6) is 5.75 Å². The maximum atomic E-state index is 12.2. The molecule has 168 valence electrons. The van der Waals surface area contributed by atoms with Crippen molar-refractivity contribution in [3.63, 3.8) is 0 Å². The molecule has 0 aliphatic carbocycles. The zero-order valence-corrected chi connectivity index (χ0v) is 19.3. The molecular formula is C22H36BNO6. The number of ether oxygens (including phenoxy) is 2. The van der Waals surface area contributed by atoms with Crippen molar-refractivity contribution in [2.45, 2.75) is 84.2 Å². The number of carbonyl (C=O) groups excluding carboxylic acids is 1. The Morgan fingerprint density at radius 1 is 1.03 bits per heavy atom. The number of hydrogen-bond donors (Lipinski definition) is 2. The van der Waals surface area contributed by atoms with E-state index in [1.54, 1.807) is 56.9 Å². The van der Waals surface area contributed by atoms with E-state index < -0.39 is 23.9 Å². The number of piperidine rings is 1. The fourth-order valence-corrected chi connectivity index (χ4v) is 2.88. The Balaban J connectivity index is 1.86. The Kier molecular flexibility index (Phi) is 7.48. The van der Waals surface area contributed by atoms with Gasteiger partial charge in [-0.1, -0.05) is 12.1 Å². The van der Waals surface area contributed by atoms with E-state index in [1.165, 1.54) is 0 Å². The molecule has 1 saturated heterocycles. The highest BCUT2D eigenvalue weighted by atomic mass is 16.6. The van der Waals surface area contributed by atoms with Gasteiger partial charge in [-0.2, -0.15) is 0 Å². The first-order chi connectivity index (χ1) is 13.7. The first-order valence-corrected chi connectivity index (χ1v) is 10.5. The predicted molar refractivity (Wildman–Crippen MR) is 117 cm³/mol. The number of rotatable bonds is 6. The van der Waals surface area contributed by atoms with Crippen LogP contribution >= 0.6 is 0 Å². The molecule has 1 fully saturated rings. The highest BCUT2D eigenvalue weighted by Gasteiger charge is 2.39. The summed E-state index contributed by atoms with van der Waals surface area (Å²) in [6.07, 6.45) is 1.19. The van der Waals surface area contributed by atoms with Crippen molar-refractivity contribution in [1.29, 1.82) is 0 Å². The normalized spacial score (nSPS) is 16.4. The monoisotopic (exact) mass is 421 g/mol. The van der Waals surface area contributed by atoms with Crippen LogP contribution in [0.3, 0.4) is 0 Å². The summed E-state index contributed by atoms with van der Waals surface area (Å²) in [6, 6.07) is 7.07. The SMILES string of the molecule is CC(C)(C)OC(=O)N1CCC(Oc2ccc(B(O)OC(C)(C)C(C)(C)O)cc2)CC1. The van der Waals surface area contributed by atoms with Gasteiger partial charge in [0, 0.05) is 25.9 Å². The standard InChI is InChI=1S/C22H36BNO6/c1-20(2,3)29-19(25)24-14-12-18(13-15-24)28-17-10-8-16(9-11-17)23(27)30-22(6,7)21(4,5)26/h8-11,18,26-27H,12-15H2,1-7H3. The summed E-state index contributed by atoms with van der Waals surface area (Å²) in [5, 5.41) is 20.6. The van der Waals surface area contributed by atoms with Crippen molar-refractivity contribution in [1.82, 2.24) is 4.90 Å². The maximum absolute atomic E-state index is 12.2. The minimum absolute atomic E-state index is 0.0184. The molecule has 1 aliphatic rings. The Morgan fingerprint density at radius 3 is 2.03 bits per heavy atom. The molecule has 1 aliphatic heterocycles. The fraction of sp³-hybridized carbons (Fsp3) is 0.682. The summed E-state index contributed by atoms with van der Waals surface area (Å²) in [4.78, 5) is 13.9. The minimum Gasteiger partial charge on any atom is -0.490 e. The molecule has 1 aromatic rings. The number of aliphatic hydroxyl groups is 1. The van der Waals surface area contributed by atoms with Gasteiger partial charge in [-0.15, -0.1) is 0 Å². The van der Waals surface area contributed by atoms with Crippen LogP contribution in [0.2, 0.25) is 0 Å². The van der Waals surface area contributed by atoms with Crippen molar-refractivity contribution in [2.75, 3.05) is 13.1 Å². The predicted octanol–water partition coefficient (Wildman–Crippen LogP) is 2.72. The van der Waals surface area contributed by atoms with E-state index >= 15 is 0 Å². The van der Waals surface area contributed by atoms with Gasteiger partial charge in [-0.05, 0) is 66.1 Å². The number of benzene rings is 1. The quantitative estimate of drug-likeness (QED) is 0.687. The van der Waals surface area contributed by atoms with E-state index in [9.17, 15) is 14.9 Å². The molecule has 0 radical (unpaired) electrons. The van der Waals surface area contributed by atoms with E-state index in [1.807, 2.05) is 20.8 Å². The first kappa shape index (κ1) is 24.5. The molecule has 7 nitrogen and oxygen atoms in total. The molecule has 8 heteroatoms. The van der Waals surface area contributed by atoms with Crippen molar-refractivity contribution in [3.05, 3.63) is 24.3 Å². The number of nitrogens with zero attached hydrogens (tertiary/aromatic N) is 1. The zero-order chi connectivity index (χ0) is 22.7. The molecule has 0 aromatic heterocycles. The lowest BCUT2D eigenvalue weighted by Crippen LogP contribution is -2.53. The molecule has 1 aromatic carbocycles. The first-order valence-electron chi connectivity index (χ1n) is 10.5. The highest BCUT2D eigenvalue weighted by molar-refractivity contribution is 6.60. The average molecular weight is 421 g/mol. The van der Waals surface area contributed by atoms with E-state index in [2.05, 4.69) is 0 Å². The van der Waals surface area contributed by atoms with Gasteiger partial charge < -0.3 is 29.2 Å². The van der Waals surface area contributed by atoms with E-state index in [0.29, 0.717) is 24.3 Å². The fourth-order valence-electron chi connectivity index (χ4n) is 2.88. The van der Waals surface area contributed by atoms with Crippen LogP contribution in [-0.2, 0) is 9.39 Å². The van der Waals surface area contributed by atoms with Crippen molar-refractivity contribution in [2.24, 2.45) is 0 Å². The molecule has 30 heavy (non-hydrogen) atoms. The summed E-state index contributed by atoms with van der Waals surface area (Å²) >= 11 is 0. The van der Waals surface area contributed by atoms with Crippen LogP contribution in [0.15, 0.2) is 24.3 Å². The molecule has 2 rings (SSSR count). The van der Waals surface area contributed by atoms with Gasteiger partial charge in [-0.3, -0.25) is 0 Å². The van der Waals surface area contributed by atoms with Crippen molar-refractivity contribution >= 4 is 18.7 Å². The zero-order valence-electron chi connectivity index (χ0n) is 19.3. The third-order valence-corrected chi connectivity index (χ3v) is 5.44. The Bertz CT molecular complexity index is 700. The Morgan fingerprint density at radius 2 is 1.57 bits per heavy atom. The van der Waals surface area contributed by atoms with Gasteiger partial charge in [0.15, 0.2) is 0 Å².